The molecule has 40 heavy (non-hydrogen) atoms. The number of nitrogens with zero attached hydrogens (tertiary/aromatic N) is 3. The quantitative estimate of drug-likeness (QED) is 0.401. The number of fused-ring (bicyclic) bond motifs is 1. The lowest BCUT2D eigenvalue weighted by Crippen LogP contribution is -2.39. The third-order valence-electron chi connectivity index (χ3n) is 7.16. The average molecular weight is 569 g/mol. The summed E-state index contributed by atoms with van der Waals surface area (Å²) >= 11 is 5.61. The number of benzene rings is 2. The van der Waals surface area contributed by atoms with E-state index >= 15 is 0 Å². The van der Waals surface area contributed by atoms with Gasteiger partial charge in [0.05, 0.1) is 17.8 Å². The van der Waals surface area contributed by atoms with Gasteiger partial charge in [-0.05, 0) is 94.9 Å². The van der Waals surface area contributed by atoms with E-state index in [1.54, 1.807) is 4.90 Å². The number of aryl methyl sites for hydroxylation is 2. The summed E-state index contributed by atoms with van der Waals surface area (Å²) in [7, 11) is 1.93. The Hall–Kier alpha value is -2.94. The number of carbonyl (C=O) groups is 2. The lowest BCUT2D eigenvalue weighted by molar-refractivity contribution is -0.123. The van der Waals surface area contributed by atoms with Gasteiger partial charge in [-0.1, -0.05) is 41.8 Å². The van der Waals surface area contributed by atoms with Gasteiger partial charge in [0.1, 0.15) is 0 Å². The van der Waals surface area contributed by atoms with Crippen LogP contribution in [0.4, 0.5) is 0 Å². The number of carbonyl (C=O) groups excluding carboxylic acids is 2. The molecule has 1 unspecified atom stereocenters. The Morgan fingerprint density at radius 3 is 2.27 bits per heavy atom. The third kappa shape index (κ3) is 11.3. The lowest BCUT2D eigenvalue weighted by Gasteiger charge is -2.11. The predicted octanol–water partition coefficient (Wildman–Crippen LogP) is 4.59. The van der Waals surface area contributed by atoms with Crippen molar-refractivity contribution in [2.24, 2.45) is 7.05 Å². The van der Waals surface area contributed by atoms with Gasteiger partial charge < -0.3 is 20.9 Å². The first-order chi connectivity index (χ1) is 19.5. The van der Waals surface area contributed by atoms with Gasteiger partial charge in [-0.3, -0.25) is 14.3 Å². The van der Waals surface area contributed by atoms with Gasteiger partial charge in [0.2, 0.25) is 12.3 Å². The van der Waals surface area contributed by atoms with E-state index in [2.05, 4.69) is 27.1 Å². The van der Waals surface area contributed by atoms with E-state index in [0.29, 0.717) is 6.54 Å². The van der Waals surface area contributed by atoms with E-state index in [4.69, 9.17) is 11.6 Å². The fraction of sp³-hybridized carbons (Fsp3) is 0.516. The van der Waals surface area contributed by atoms with Gasteiger partial charge in [0.25, 0.3) is 0 Å². The van der Waals surface area contributed by atoms with Crippen molar-refractivity contribution >= 4 is 34.8 Å². The molecule has 1 aromatic heterocycles. The first-order valence-electron chi connectivity index (χ1n) is 14.5. The largest absolute Gasteiger partial charge is 0.351 e. The van der Waals surface area contributed by atoms with Crippen LogP contribution in [0.1, 0.15) is 56.1 Å². The zero-order chi connectivity index (χ0) is 28.6. The molecule has 3 aliphatic heterocycles. The number of halogens is 1. The topological polar surface area (TPSA) is 91.3 Å². The molecule has 1 atom stereocenters. The molecular formula is C31H45ClN6O2. The second kappa shape index (κ2) is 17.7. The van der Waals surface area contributed by atoms with Crippen molar-refractivity contribution in [1.82, 2.24) is 30.6 Å². The average Bonchev–Trinajstić information content (AvgIpc) is 3.79. The summed E-state index contributed by atoms with van der Waals surface area (Å²) in [5, 5.41) is 15.6. The Morgan fingerprint density at radius 2 is 1.75 bits per heavy atom. The van der Waals surface area contributed by atoms with Crippen LogP contribution in [0.2, 0.25) is 5.02 Å². The van der Waals surface area contributed by atoms with Crippen molar-refractivity contribution in [3.8, 4) is 0 Å². The molecule has 0 radical (unpaired) electrons. The fourth-order valence-corrected chi connectivity index (χ4v) is 4.85. The van der Waals surface area contributed by atoms with Crippen molar-refractivity contribution in [1.29, 1.82) is 0 Å². The molecule has 0 saturated carbocycles. The first kappa shape index (κ1) is 31.6. The molecule has 3 N–H and O–H groups in total. The minimum atomic E-state index is -0.0119. The van der Waals surface area contributed by atoms with Gasteiger partial charge in [-0.2, -0.15) is 5.10 Å². The van der Waals surface area contributed by atoms with Crippen molar-refractivity contribution < 1.29 is 9.59 Å². The second-order valence-electron chi connectivity index (χ2n) is 10.5. The van der Waals surface area contributed by atoms with Crippen LogP contribution in [0.25, 0.3) is 10.9 Å². The third-order valence-corrected chi connectivity index (χ3v) is 7.41. The molecule has 4 heterocycles. The Kier molecular flexibility index (Phi) is 14.0. The van der Waals surface area contributed by atoms with Crippen LogP contribution >= 0.6 is 11.6 Å². The maximum atomic E-state index is 11.9. The van der Waals surface area contributed by atoms with Crippen LogP contribution in [0.3, 0.4) is 0 Å². The molecule has 2 amide bonds. The highest BCUT2D eigenvalue weighted by Crippen LogP contribution is 2.15. The molecule has 9 heteroatoms. The van der Waals surface area contributed by atoms with E-state index in [0.717, 1.165) is 60.4 Å². The monoisotopic (exact) mass is 568 g/mol. The first-order valence-corrected chi connectivity index (χ1v) is 14.9. The highest BCUT2D eigenvalue weighted by atomic mass is 35.5. The maximum absolute atomic E-state index is 11.9. The van der Waals surface area contributed by atoms with E-state index in [-0.39, 0.29) is 11.9 Å². The van der Waals surface area contributed by atoms with Crippen LogP contribution in [0.15, 0.2) is 48.7 Å². The SMILES string of the molecule is C1CCNCC1.Cc1ccc(Cl)cc1.Cn1ncc2cc(CNC(=O)C3CCCN3)ccc21.O=CN1CCCC1. The van der Waals surface area contributed by atoms with Crippen LogP contribution in [-0.4, -0.2) is 65.8 Å². The Bertz CT molecular complexity index is 1120. The van der Waals surface area contributed by atoms with E-state index < -0.39 is 0 Å². The predicted molar refractivity (Wildman–Crippen MR) is 163 cm³/mol. The number of rotatable bonds is 4. The molecule has 0 bridgehead atoms. The van der Waals surface area contributed by atoms with Crippen LogP contribution in [0.5, 0.6) is 0 Å². The molecule has 2 aromatic carbocycles. The number of hydrogen-bond donors (Lipinski definition) is 3. The van der Waals surface area contributed by atoms with Gasteiger partial charge in [0.15, 0.2) is 0 Å². The van der Waals surface area contributed by atoms with Crippen LogP contribution in [0, 0.1) is 6.92 Å². The normalized spacial score (nSPS) is 18.0. The highest BCUT2D eigenvalue weighted by Gasteiger charge is 2.21. The van der Waals surface area contributed by atoms with Crippen molar-refractivity contribution in [2.75, 3.05) is 32.7 Å². The zero-order valence-corrected chi connectivity index (χ0v) is 24.8. The molecule has 3 saturated heterocycles. The Labute approximate surface area is 243 Å². The number of amides is 2. The molecule has 3 aliphatic rings. The summed E-state index contributed by atoms with van der Waals surface area (Å²) in [6.45, 7) is 8.00. The number of piperidine rings is 1. The molecular weight excluding hydrogens is 524 g/mol. The molecule has 3 fully saturated rings. The van der Waals surface area contributed by atoms with E-state index in [1.165, 1.54) is 50.8 Å². The summed E-state index contributed by atoms with van der Waals surface area (Å²) in [4.78, 5) is 23.6. The summed E-state index contributed by atoms with van der Waals surface area (Å²) < 4.78 is 1.85. The van der Waals surface area contributed by atoms with Crippen LogP contribution in [-0.2, 0) is 23.2 Å². The molecule has 0 aliphatic carbocycles. The second-order valence-corrected chi connectivity index (χ2v) is 10.9. The number of likely N-dealkylation sites (tertiary alicyclic amines) is 1. The molecule has 218 valence electrons. The zero-order valence-electron chi connectivity index (χ0n) is 24.0. The fourth-order valence-electron chi connectivity index (χ4n) is 4.73. The number of aromatic nitrogens is 2. The van der Waals surface area contributed by atoms with Crippen molar-refractivity contribution in [2.45, 2.75) is 64.5 Å². The lowest BCUT2D eigenvalue weighted by atomic mass is 10.1. The smallest absolute Gasteiger partial charge is 0.237 e. The standard InChI is InChI=1S/C14H18N4O.C7H7Cl.C5H9NO.C5H11N/c1-18-13-5-4-10(7-11(13)9-17-18)8-16-14(19)12-3-2-6-15-12;1-6-2-4-7(8)5-3-6;7-5-6-3-1-2-4-6;1-2-4-6-5-3-1/h4-5,7,9,12,15H,2-3,6,8H2,1H3,(H,16,19);2-5H,1H3;5H,1-4H2;6H,1-5H2. The van der Waals surface area contributed by atoms with Gasteiger partial charge >= 0.3 is 0 Å². The minimum Gasteiger partial charge on any atom is -0.351 e. The van der Waals surface area contributed by atoms with Gasteiger partial charge in [-0.25, -0.2) is 0 Å². The molecule has 6 rings (SSSR count). The van der Waals surface area contributed by atoms with E-state index in [1.807, 2.05) is 61.2 Å². The maximum Gasteiger partial charge on any atom is 0.237 e. The molecule has 8 nitrogen and oxygen atoms in total. The van der Waals surface area contributed by atoms with Crippen LogP contribution < -0.4 is 16.0 Å². The van der Waals surface area contributed by atoms with E-state index in [9.17, 15) is 9.59 Å². The minimum absolute atomic E-state index is 0.0119. The number of hydrogen-bond acceptors (Lipinski definition) is 5. The van der Waals surface area contributed by atoms with Gasteiger partial charge in [-0.15, -0.1) is 0 Å². The summed E-state index contributed by atoms with van der Waals surface area (Å²) in [6, 6.07) is 13.9. The molecule has 0 spiro atoms. The Balaban J connectivity index is 0.000000172. The Morgan fingerprint density at radius 1 is 1.02 bits per heavy atom. The van der Waals surface area contributed by atoms with Crippen molar-refractivity contribution in [3.05, 3.63) is 64.8 Å². The highest BCUT2D eigenvalue weighted by molar-refractivity contribution is 6.30. The van der Waals surface area contributed by atoms with Crippen molar-refractivity contribution in [3.63, 3.8) is 0 Å². The summed E-state index contributed by atoms with van der Waals surface area (Å²) in [5.74, 6) is 0.101. The summed E-state index contributed by atoms with van der Waals surface area (Å²) in [5.41, 5.74) is 3.45. The summed E-state index contributed by atoms with van der Waals surface area (Å²) in [6.07, 6.45) is 11.4. The molecule has 3 aromatic rings. The number of nitrogens with one attached hydrogen (secondary N) is 3. The van der Waals surface area contributed by atoms with Gasteiger partial charge in [0, 0.05) is 37.1 Å².